The summed E-state index contributed by atoms with van der Waals surface area (Å²) in [7, 11) is 0. The van der Waals surface area contributed by atoms with E-state index in [1.807, 2.05) is 23.1 Å². The lowest BCUT2D eigenvalue weighted by molar-refractivity contribution is -0.130. The quantitative estimate of drug-likeness (QED) is 0.780. The smallest absolute Gasteiger partial charge is 0.232 e. The van der Waals surface area contributed by atoms with Crippen molar-refractivity contribution in [2.75, 3.05) is 18.8 Å². The molecular weight excluding hydrogens is 242 g/mol. The summed E-state index contributed by atoms with van der Waals surface area (Å²) >= 11 is 1.63. The van der Waals surface area contributed by atoms with Gasteiger partial charge in [0, 0.05) is 18.0 Å². The van der Waals surface area contributed by atoms with Gasteiger partial charge in [0.15, 0.2) is 0 Å². The van der Waals surface area contributed by atoms with Gasteiger partial charge in [-0.3, -0.25) is 4.79 Å². The first-order valence-corrected chi connectivity index (χ1v) is 7.59. The van der Waals surface area contributed by atoms with Crippen molar-refractivity contribution in [3.8, 4) is 0 Å². The molecule has 2 rings (SSSR count). The van der Waals surface area contributed by atoms with Gasteiger partial charge in [-0.2, -0.15) is 0 Å². The van der Waals surface area contributed by atoms with Crippen molar-refractivity contribution in [1.82, 2.24) is 4.90 Å². The van der Waals surface area contributed by atoms with E-state index < -0.39 is 0 Å². The van der Waals surface area contributed by atoms with Crippen molar-refractivity contribution in [2.24, 2.45) is 11.8 Å². The van der Waals surface area contributed by atoms with Crippen molar-refractivity contribution in [1.29, 1.82) is 0 Å². The fraction of sp³-hybridized carbons (Fsp3) is 0.533. The highest BCUT2D eigenvalue weighted by atomic mass is 32.2. The van der Waals surface area contributed by atoms with Crippen molar-refractivity contribution >= 4 is 17.7 Å². The van der Waals surface area contributed by atoms with Crippen LogP contribution in [-0.2, 0) is 4.79 Å². The normalized spacial score (nSPS) is 24.0. The molecule has 0 radical (unpaired) electrons. The molecule has 0 unspecified atom stereocenters. The lowest BCUT2D eigenvalue weighted by Gasteiger charge is -2.35. The van der Waals surface area contributed by atoms with Crippen LogP contribution in [0.3, 0.4) is 0 Å². The third-order valence-electron chi connectivity index (χ3n) is 3.33. The van der Waals surface area contributed by atoms with Gasteiger partial charge >= 0.3 is 0 Å². The third-order valence-corrected chi connectivity index (χ3v) is 4.32. The second kappa shape index (κ2) is 6.28. The Kier molecular flexibility index (Phi) is 4.70. The number of carbonyl (C=O) groups is 1. The van der Waals surface area contributed by atoms with Crippen LogP contribution in [-0.4, -0.2) is 29.6 Å². The van der Waals surface area contributed by atoms with E-state index in [0.29, 0.717) is 17.6 Å². The number of hydrogen-bond acceptors (Lipinski definition) is 2. The monoisotopic (exact) mass is 263 g/mol. The van der Waals surface area contributed by atoms with E-state index >= 15 is 0 Å². The maximum Gasteiger partial charge on any atom is 0.232 e. The summed E-state index contributed by atoms with van der Waals surface area (Å²) in [5, 5.41) is 0. The summed E-state index contributed by atoms with van der Waals surface area (Å²) in [5.41, 5.74) is 0. The molecule has 1 aromatic rings. The van der Waals surface area contributed by atoms with Crippen LogP contribution < -0.4 is 0 Å². The average molecular weight is 263 g/mol. The van der Waals surface area contributed by atoms with Gasteiger partial charge in [-0.05, 0) is 30.4 Å². The van der Waals surface area contributed by atoms with Crippen LogP contribution in [0.2, 0.25) is 0 Å². The number of rotatable bonds is 3. The first kappa shape index (κ1) is 13.5. The maximum absolute atomic E-state index is 12.2. The van der Waals surface area contributed by atoms with Crippen LogP contribution in [0.1, 0.15) is 20.3 Å². The second-order valence-electron chi connectivity index (χ2n) is 5.35. The summed E-state index contributed by atoms with van der Waals surface area (Å²) in [6, 6.07) is 10.1. The Morgan fingerprint density at radius 2 is 1.83 bits per heavy atom. The zero-order valence-corrected chi connectivity index (χ0v) is 12.0. The Labute approximate surface area is 114 Å². The summed E-state index contributed by atoms with van der Waals surface area (Å²) in [6.07, 6.45) is 1.25. The van der Waals surface area contributed by atoms with Crippen molar-refractivity contribution in [3.63, 3.8) is 0 Å². The Balaban J connectivity index is 1.84. The van der Waals surface area contributed by atoms with E-state index in [9.17, 15) is 4.79 Å². The van der Waals surface area contributed by atoms with E-state index in [2.05, 4.69) is 26.0 Å². The zero-order chi connectivity index (χ0) is 13.0. The number of piperidine rings is 1. The number of nitrogens with zero attached hydrogens (tertiary/aromatic N) is 1. The van der Waals surface area contributed by atoms with E-state index in [1.54, 1.807) is 11.8 Å². The Morgan fingerprint density at radius 1 is 1.22 bits per heavy atom. The highest BCUT2D eigenvalue weighted by Gasteiger charge is 2.25. The molecule has 0 bridgehead atoms. The fourth-order valence-electron chi connectivity index (χ4n) is 2.62. The second-order valence-corrected chi connectivity index (χ2v) is 6.40. The molecule has 98 valence electrons. The SMILES string of the molecule is C[C@@H]1C[C@@H](C)CN(C(=O)CSc2ccccc2)C1. The van der Waals surface area contributed by atoms with Gasteiger partial charge in [-0.1, -0.05) is 32.0 Å². The van der Waals surface area contributed by atoms with E-state index in [1.165, 1.54) is 11.3 Å². The number of carbonyl (C=O) groups excluding carboxylic acids is 1. The molecule has 1 heterocycles. The van der Waals surface area contributed by atoms with Crippen molar-refractivity contribution in [3.05, 3.63) is 30.3 Å². The van der Waals surface area contributed by atoms with Gasteiger partial charge in [0.05, 0.1) is 5.75 Å². The van der Waals surface area contributed by atoms with Crippen LogP contribution in [0, 0.1) is 11.8 Å². The Bertz CT molecular complexity index is 383. The molecular formula is C15H21NOS. The summed E-state index contributed by atoms with van der Waals surface area (Å²) in [5.74, 6) is 2.12. The lowest BCUT2D eigenvalue weighted by Crippen LogP contribution is -2.43. The lowest BCUT2D eigenvalue weighted by atomic mass is 9.92. The summed E-state index contributed by atoms with van der Waals surface area (Å²) in [4.78, 5) is 15.4. The molecule has 0 aromatic heterocycles. The molecule has 1 aromatic carbocycles. The first-order valence-electron chi connectivity index (χ1n) is 6.60. The molecule has 1 aliphatic rings. The average Bonchev–Trinajstić information content (AvgIpc) is 2.36. The minimum absolute atomic E-state index is 0.280. The van der Waals surface area contributed by atoms with Gasteiger partial charge in [-0.15, -0.1) is 11.8 Å². The minimum Gasteiger partial charge on any atom is -0.341 e. The number of likely N-dealkylation sites (tertiary alicyclic amines) is 1. The Hall–Kier alpha value is -0.960. The molecule has 1 fully saturated rings. The predicted octanol–water partition coefficient (Wildman–Crippen LogP) is 3.28. The third kappa shape index (κ3) is 3.77. The minimum atomic E-state index is 0.280. The van der Waals surface area contributed by atoms with Crippen LogP contribution in [0.4, 0.5) is 0 Å². The van der Waals surface area contributed by atoms with E-state index in [0.717, 1.165) is 13.1 Å². The van der Waals surface area contributed by atoms with Gasteiger partial charge in [-0.25, -0.2) is 0 Å². The molecule has 2 atom stereocenters. The number of thioether (sulfide) groups is 1. The van der Waals surface area contributed by atoms with Crippen LogP contribution in [0.5, 0.6) is 0 Å². The van der Waals surface area contributed by atoms with Crippen molar-refractivity contribution < 1.29 is 4.79 Å². The molecule has 0 saturated carbocycles. The van der Waals surface area contributed by atoms with Crippen LogP contribution >= 0.6 is 11.8 Å². The predicted molar refractivity (Wildman–Crippen MR) is 76.7 cm³/mol. The first-order chi connectivity index (χ1) is 8.65. The maximum atomic E-state index is 12.2. The summed E-state index contributed by atoms with van der Waals surface area (Å²) in [6.45, 7) is 6.33. The highest BCUT2D eigenvalue weighted by molar-refractivity contribution is 8.00. The van der Waals surface area contributed by atoms with Crippen LogP contribution in [0.15, 0.2) is 35.2 Å². The molecule has 1 amide bonds. The number of benzene rings is 1. The molecule has 3 heteroatoms. The molecule has 18 heavy (non-hydrogen) atoms. The molecule has 0 N–H and O–H groups in total. The highest BCUT2D eigenvalue weighted by Crippen LogP contribution is 2.23. The van der Waals surface area contributed by atoms with Crippen molar-refractivity contribution in [2.45, 2.75) is 25.2 Å². The number of amides is 1. The molecule has 1 saturated heterocycles. The number of hydrogen-bond donors (Lipinski definition) is 0. The molecule has 2 nitrogen and oxygen atoms in total. The largest absolute Gasteiger partial charge is 0.341 e. The van der Waals surface area contributed by atoms with Gasteiger partial charge in [0.25, 0.3) is 0 Å². The van der Waals surface area contributed by atoms with Gasteiger partial charge in [0.1, 0.15) is 0 Å². The summed E-state index contributed by atoms with van der Waals surface area (Å²) < 4.78 is 0. The van der Waals surface area contributed by atoms with E-state index in [-0.39, 0.29) is 5.91 Å². The molecule has 0 aliphatic carbocycles. The fourth-order valence-corrected chi connectivity index (χ4v) is 3.44. The van der Waals surface area contributed by atoms with Gasteiger partial charge in [0.2, 0.25) is 5.91 Å². The topological polar surface area (TPSA) is 20.3 Å². The zero-order valence-electron chi connectivity index (χ0n) is 11.1. The standard InChI is InChI=1S/C15H21NOS/c1-12-8-13(2)10-16(9-12)15(17)11-18-14-6-4-3-5-7-14/h3-7,12-13H,8-11H2,1-2H3/t12-,13-/m1/s1. The van der Waals surface area contributed by atoms with Gasteiger partial charge < -0.3 is 4.90 Å². The van der Waals surface area contributed by atoms with E-state index in [4.69, 9.17) is 0 Å². The molecule has 0 spiro atoms. The molecule has 1 aliphatic heterocycles. The van der Waals surface area contributed by atoms with Crippen LogP contribution in [0.25, 0.3) is 0 Å². The Morgan fingerprint density at radius 3 is 2.44 bits per heavy atom.